The number of rotatable bonds is 7. The number of carbonyl (C=O) groups is 2. The normalized spacial score (nSPS) is 16.8. The van der Waals surface area contributed by atoms with Crippen molar-refractivity contribution in [2.24, 2.45) is 13.0 Å². The van der Waals surface area contributed by atoms with E-state index in [9.17, 15) is 20.0 Å². The molecule has 0 spiro atoms. The zero-order valence-corrected chi connectivity index (χ0v) is 30.0. The highest BCUT2D eigenvalue weighted by Crippen LogP contribution is 2.37. The Labute approximate surface area is 307 Å². The maximum absolute atomic E-state index is 15.2. The molecular weight excluding hydrogens is 670 g/mol. The summed E-state index contributed by atoms with van der Waals surface area (Å²) in [7, 11) is 3.80. The molecule has 2 amide bonds. The van der Waals surface area contributed by atoms with Crippen LogP contribution in [-0.2, 0) is 26.4 Å². The highest BCUT2D eigenvalue weighted by molar-refractivity contribution is 6.12. The maximum Gasteiger partial charge on any atom is 0.264 e. The van der Waals surface area contributed by atoms with Crippen molar-refractivity contribution in [1.82, 2.24) is 19.4 Å². The molecule has 5 heterocycles. The Morgan fingerprint density at radius 1 is 0.962 bits per heavy atom. The first-order valence-corrected chi connectivity index (χ1v) is 17.9. The van der Waals surface area contributed by atoms with Gasteiger partial charge in [-0.3, -0.25) is 19.4 Å². The number of amides is 2. The van der Waals surface area contributed by atoms with Crippen LogP contribution in [0.3, 0.4) is 0 Å². The van der Waals surface area contributed by atoms with Crippen molar-refractivity contribution in [3.05, 3.63) is 124 Å². The van der Waals surface area contributed by atoms with Crippen molar-refractivity contribution >= 4 is 29.0 Å². The number of hydrogen-bond acceptors (Lipinski definition) is 7. The summed E-state index contributed by atoms with van der Waals surface area (Å²) in [6.07, 6.45) is 3.16. The molecule has 0 bridgehead atoms. The number of aromatic nitrogens is 2. The number of nitrogens with zero attached hydrogens (tertiary/aromatic N) is 7. The number of phenolic OH excluding ortho intramolecular Hbond substituents is 1. The van der Waals surface area contributed by atoms with Crippen LogP contribution in [0.4, 0.5) is 21.6 Å². The van der Waals surface area contributed by atoms with Gasteiger partial charge in [-0.1, -0.05) is 24.3 Å². The van der Waals surface area contributed by atoms with E-state index in [0.717, 1.165) is 29.9 Å². The first-order chi connectivity index (χ1) is 25.6. The predicted molar refractivity (Wildman–Crippen MR) is 201 cm³/mol. The van der Waals surface area contributed by atoms with E-state index in [2.05, 4.69) is 26.9 Å². The largest absolute Gasteiger partial charge is 0.508 e. The van der Waals surface area contributed by atoms with Crippen molar-refractivity contribution in [2.45, 2.75) is 32.4 Å². The zero-order valence-electron chi connectivity index (χ0n) is 30.0. The summed E-state index contributed by atoms with van der Waals surface area (Å²) in [6, 6.07) is 24.7. The quantitative estimate of drug-likeness (QED) is 0.213. The summed E-state index contributed by atoms with van der Waals surface area (Å²) in [4.78, 5) is 41.9. The minimum atomic E-state index is -0.494. The first-order valence-electron chi connectivity index (χ1n) is 17.9. The molecule has 2 aromatic heterocycles. The summed E-state index contributed by atoms with van der Waals surface area (Å²) in [5, 5.41) is 19.4. The van der Waals surface area contributed by atoms with Crippen molar-refractivity contribution in [2.75, 3.05) is 43.0 Å². The number of anilines is 3. The molecule has 1 saturated heterocycles. The Balaban J connectivity index is 1.17. The van der Waals surface area contributed by atoms with Crippen LogP contribution in [-0.4, -0.2) is 75.5 Å². The first kappa shape index (κ1) is 34.1. The van der Waals surface area contributed by atoms with Crippen LogP contribution in [0.15, 0.2) is 85.1 Å². The van der Waals surface area contributed by atoms with E-state index in [1.54, 1.807) is 35.4 Å². The average molecular weight is 710 g/mol. The van der Waals surface area contributed by atoms with Gasteiger partial charge in [0.25, 0.3) is 11.8 Å². The van der Waals surface area contributed by atoms with Crippen LogP contribution >= 0.6 is 0 Å². The molecule has 0 radical (unpaired) electrons. The molecular formula is C42H40FN7O3. The third-order valence-electron chi connectivity index (χ3n) is 11.1. The van der Waals surface area contributed by atoms with E-state index in [-0.39, 0.29) is 29.5 Å². The summed E-state index contributed by atoms with van der Waals surface area (Å²) in [5.41, 5.74) is 6.72. The molecule has 0 unspecified atom stereocenters. The van der Waals surface area contributed by atoms with Gasteiger partial charge in [-0.2, -0.15) is 5.26 Å². The molecule has 10 nitrogen and oxygen atoms in total. The Bertz CT molecular complexity index is 2290. The van der Waals surface area contributed by atoms with Crippen LogP contribution in [0, 0.1) is 30.0 Å². The molecule has 3 aromatic carbocycles. The van der Waals surface area contributed by atoms with Crippen molar-refractivity contribution in [1.29, 1.82) is 5.26 Å². The van der Waals surface area contributed by atoms with E-state index in [1.165, 1.54) is 29.8 Å². The third kappa shape index (κ3) is 6.19. The molecule has 1 fully saturated rings. The molecule has 268 valence electrons. The number of hydrogen-bond donors (Lipinski definition) is 1. The fraction of sp³-hybridized carbons (Fsp3) is 0.286. The molecule has 1 atom stereocenters. The van der Waals surface area contributed by atoms with Crippen LogP contribution in [0.25, 0.3) is 11.3 Å². The molecule has 3 aliphatic heterocycles. The monoisotopic (exact) mass is 709 g/mol. The number of carbonyl (C=O) groups excluding carboxylic acids is 2. The van der Waals surface area contributed by atoms with Crippen molar-refractivity contribution in [3.63, 3.8) is 0 Å². The second-order valence-corrected chi connectivity index (χ2v) is 14.4. The van der Waals surface area contributed by atoms with Crippen molar-refractivity contribution < 1.29 is 19.1 Å². The lowest BCUT2D eigenvalue weighted by Crippen LogP contribution is -2.55. The van der Waals surface area contributed by atoms with Gasteiger partial charge >= 0.3 is 0 Å². The molecule has 53 heavy (non-hydrogen) atoms. The van der Waals surface area contributed by atoms with E-state index < -0.39 is 5.82 Å². The smallest absolute Gasteiger partial charge is 0.264 e. The number of pyridine rings is 1. The Morgan fingerprint density at radius 3 is 2.47 bits per heavy atom. The van der Waals surface area contributed by atoms with Gasteiger partial charge < -0.3 is 19.5 Å². The maximum atomic E-state index is 15.2. The summed E-state index contributed by atoms with van der Waals surface area (Å²) < 4.78 is 17.0. The average Bonchev–Trinajstić information content (AvgIpc) is 3.67. The van der Waals surface area contributed by atoms with Gasteiger partial charge in [0, 0.05) is 81.1 Å². The standard InChI is InChI=1S/C42H40FN7O3/c1-26-37(42(53)50(32-9-11-35(51)12-10-32)33-17-29-14-15-46(2)40(29)45-21-33)19-39(47(26)3)38-18-31(43)8-13-36(38)41(52)49-24-30-7-5-4-6-28(30)16-34(49)25-48-22-27(20-44)23-48/h4-13,17-19,21,27,34,51H,14-16,22-25H2,1-3H3/t34-/m0/s1. The highest BCUT2D eigenvalue weighted by Gasteiger charge is 2.36. The SMILES string of the molecule is Cc1c(C(=O)N(c2ccc(O)cc2)c2cnc3c(c2)CCN3C)cc(-c2cc(F)ccc2C(=O)N2Cc3ccccc3C[C@H]2CN2CC(C#N)C2)n1C. The van der Waals surface area contributed by atoms with E-state index in [0.29, 0.717) is 72.1 Å². The minimum Gasteiger partial charge on any atom is -0.508 e. The number of benzene rings is 3. The Kier molecular flexibility index (Phi) is 8.71. The van der Waals surface area contributed by atoms with E-state index in [4.69, 9.17) is 0 Å². The number of nitriles is 1. The van der Waals surface area contributed by atoms with Gasteiger partial charge in [0.15, 0.2) is 0 Å². The molecule has 8 rings (SSSR count). The van der Waals surface area contributed by atoms with Gasteiger partial charge in [-0.25, -0.2) is 9.37 Å². The number of likely N-dealkylation sites (N-methyl/N-ethyl adjacent to an activating group) is 1. The van der Waals surface area contributed by atoms with Gasteiger partial charge in [-0.15, -0.1) is 0 Å². The Hall–Kier alpha value is -5.99. The highest BCUT2D eigenvalue weighted by atomic mass is 19.1. The third-order valence-corrected chi connectivity index (χ3v) is 11.1. The Morgan fingerprint density at radius 2 is 1.72 bits per heavy atom. The fourth-order valence-electron chi connectivity index (χ4n) is 7.97. The lowest BCUT2D eigenvalue weighted by molar-refractivity contribution is 0.0468. The van der Waals surface area contributed by atoms with Gasteiger partial charge in [0.2, 0.25) is 0 Å². The van der Waals surface area contributed by atoms with Crippen LogP contribution in [0.2, 0.25) is 0 Å². The summed E-state index contributed by atoms with van der Waals surface area (Å²) in [6.45, 7) is 5.07. The van der Waals surface area contributed by atoms with Gasteiger partial charge in [0.05, 0.1) is 29.4 Å². The fourth-order valence-corrected chi connectivity index (χ4v) is 7.97. The van der Waals surface area contributed by atoms with Gasteiger partial charge in [0.1, 0.15) is 17.4 Å². The predicted octanol–water partition coefficient (Wildman–Crippen LogP) is 6.23. The molecule has 0 saturated carbocycles. The van der Waals surface area contributed by atoms with E-state index in [1.807, 2.05) is 54.8 Å². The molecule has 1 N–H and O–H groups in total. The van der Waals surface area contributed by atoms with Crippen molar-refractivity contribution in [3.8, 4) is 23.1 Å². The molecule has 3 aliphatic rings. The summed E-state index contributed by atoms with van der Waals surface area (Å²) >= 11 is 0. The molecule has 11 heteroatoms. The van der Waals surface area contributed by atoms with E-state index >= 15 is 4.39 Å². The number of fused-ring (bicyclic) bond motifs is 2. The number of phenols is 1. The van der Waals surface area contributed by atoms with Crippen LogP contribution < -0.4 is 9.80 Å². The number of aromatic hydroxyl groups is 1. The zero-order chi connectivity index (χ0) is 37.0. The van der Waals surface area contributed by atoms with Crippen LogP contribution in [0.5, 0.6) is 5.75 Å². The van der Waals surface area contributed by atoms with Gasteiger partial charge in [-0.05, 0) is 91.1 Å². The number of likely N-dealkylation sites (tertiary alicyclic amines) is 1. The topological polar surface area (TPSA) is 109 Å². The number of halogens is 1. The second kappa shape index (κ2) is 13.5. The molecule has 5 aromatic rings. The second-order valence-electron chi connectivity index (χ2n) is 14.4. The lowest BCUT2D eigenvalue weighted by atomic mass is 9.91. The minimum absolute atomic E-state index is 0.00171. The summed E-state index contributed by atoms with van der Waals surface area (Å²) in [5.74, 6) is -0.0847. The lowest BCUT2D eigenvalue weighted by Gasteiger charge is -2.43. The molecule has 0 aliphatic carbocycles. The van der Waals surface area contributed by atoms with Crippen LogP contribution in [0.1, 0.15) is 43.1 Å².